The maximum absolute atomic E-state index is 13.0. The summed E-state index contributed by atoms with van der Waals surface area (Å²) >= 11 is 0. The molecule has 0 aliphatic heterocycles. The lowest BCUT2D eigenvalue weighted by atomic mass is 10.0. The molecular formula is C14H13F2NO. The number of hydrogen-bond donors (Lipinski definition) is 1. The molecule has 94 valence electrons. The van der Waals surface area contributed by atoms with Crippen LogP contribution in [0.1, 0.15) is 23.1 Å². The van der Waals surface area contributed by atoms with Gasteiger partial charge >= 0.3 is 0 Å². The summed E-state index contributed by atoms with van der Waals surface area (Å²) in [5.74, 6) is -1.79. The van der Waals surface area contributed by atoms with Crippen molar-refractivity contribution in [3.63, 3.8) is 0 Å². The van der Waals surface area contributed by atoms with Crippen molar-refractivity contribution < 1.29 is 13.9 Å². The third-order valence-electron chi connectivity index (χ3n) is 2.66. The second-order valence-corrected chi connectivity index (χ2v) is 4.17. The zero-order valence-electron chi connectivity index (χ0n) is 9.90. The Morgan fingerprint density at radius 2 is 1.94 bits per heavy atom. The van der Waals surface area contributed by atoms with E-state index in [1.165, 1.54) is 6.07 Å². The summed E-state index contributed by atoms with van der Waals surface area (Å²) in [7, 11) is 0. The fourth-order valence-electron chi connectivity index (χ4n) is 1.74. The number of aliphatic hydroxyl groups is 1. The second-order valence-electron chi connectivity index (χ2n) is 4.17. The first-order valence-electron chi connectivity index (χ1n) is 5.62. The molecule has 0 aliphatic rings. The number of benzene rings is 1. The number of aliphatic hydroxyl groups excluding tert-OH is 1. The average Bonchev–Trinajstić information content (AvgIpc) is 2.34. The van der Waals surface area contributed by atoms with Crippen molar-refractivity contribution >= 4 is 0 Å². The van der Waals surface area contributed by atoms with Crippen molar-refractivity contribution in [3.05, 3.63) is 65.0 Å². The molecule has 1 aromatic heterocycles. The Morgan fingerprint density at radius 1 is 1.17 bits per heavy atom. The van der Waals surface area contributed by atoms with E-state index >= 15 is 0 Å². The average molecular weight is 249 g/mol. The van der Waals surface area contributed by atoms with E-state index in [9.17, 15) is 13.9 Å². The molecule has 2 aromatic rings. The van der Waals surface area contributed by atoms with E-state index in [1.54, 1.807) is 12.1 Å². The highest BCUT2D eigenvalue weighted by Gasteiger charge is 2.11. The molecule has 0 bridgehead atoms. The first kappa shape index (κ1) is 12.6. The van der Waals surface area contributed by atoms with Gasteiger partial charge in [-0.3, -0.25) is 4.98 Å². The minimum absolute atomic E-state index is 0.202. The summed E-state index contributed by atoms with van der Waals surface area (Å²) in [6.45, 7) is 1.83. The van der Waals surface area contributed by atoms with Crippen LogP contribution in [0.2, 0.25) is 0 Å². The largest absolute Gasteiger partial charge is 0.386 e. The van der Waals surface area contributed by atoms with Gasteiger partial charge in [0.15, 0.2) is 11.6 Å². The van der Waals surface area contributed by atoms with Gasteiger partial charge in [-0.05, 0) is 36.8 Å². The molecule has 0 spiro atoms. The van der Waals surface area contributed by atoms with Gasteiger partial charge < -0.3 is 5.11 Å². The van der Waals surface area contributed by atoms with Crippen molar-refractivity contribution in [1.29, 1.82) is 0 Å². The van der Waals surface area contributed by atoms with E-state index in [0.29, 0.717) is 11.3 Å². The summed E-state index contributed by atoms with van der Waals surface area (Å²) < 4.78 is 25.8. The Hall–Kier alpha value is -1.81. The smallest absolute Gasteiger partial charge is 0.159 e. The van der Waals surface area contributed by atoms with Crippen molar-refractivity contribution in [2.45, 2.75) is 19.4 Å². The highest BCUT2D eigenvalue weighted by atomic mass is 19.2. The molecule has 4 heteroatoms. The molecule has 0 saturated heterocycles. The van der Waals surface area contributed by atoms with Crippen molar-refractivity contribution in [2.24, 2.45) is 0 Å². The first-order chi connectivity index (χ1) is 8.56. The van der Waals surface area contributed by atoms with Crippen LogP contribution < -0.4 is 0 Å². The number of nitrogens with zero attached hydrogens (tertiary/aromatic N) is 1. The zero-order valence-corrected chi connectivity index (χ0v) is 9.90. The second kappa shape index (κ2) is 5.23. The lowest BCUT2D eigenvalue weighted by Gasteiger charge is -2.11. The minimum atomic E-state index is -0.906. The predicted octanol–water partition coefficient (Wildman–Crippen LogP) is 2.94. The fraction of sp³-hybridized carbons (Fsp3) is 0.214. The molecule has 1 N–H and O–H groups in total. The number of pyridine rings is 1. The van der Waals surface area contributed by atoms with Crippen molar-refractivity contribution in [3.8, 4) is 0 Å². The van der Waals surface area contributed by atoms with Crippen LogP contribution in [-0.2, 0) is 6.42 Å². The molecule has 0 saturated carbocycles. The summed E-state index contributed by atoms with van der Waals surface area (Å²) in [4.78, 5) is 4.19. The van der Waals surface area contributed by atoms with Gasteiger partial charge in [-0.2, -0.15) is 0 Å². The van der Waals surface area contributed by atoms with Crippen LogP contribution in [0.4, 0.5) is 8.78 Å². The van der Waals surface area contributed by atoms with E-state index in [-0.39, 0.29) is 6.42 Å². The van der Waals surface area contributed by atoms with Crippen LogP contribution in [0.5, 0.6) is 0 Å². The van der Waals surface area contributed by atoms with Crippen LogP contribution in [-0.4, -0.2) is 10.1 Å². The molecule has 1 unspecified atom stereocenters. The van der Waals surface area contributed by atoms with Crippen LogP contribution in [0.25, 0.3) is 0 Å². The summed E-state index contributed by atoms with van der Waals surface area (Å²) in [6.07, 6.45) is -0.622. The van der Waals surface area contributed by atoms with Gasteiger partial charge in [0.25, 0.3) is 0 Å². The number of rotatable bonds is 3. The Balaban J connectivity index is 2.16. The summed E-state index contributed by atoms with van der Waals surface area (Å²) in [5, 5.41) is 9.98. The van der Waals surface area contributed by atoms with Crippen LogP contribution in [0, 0.1) is 18.6 Å². The molecule has 0 fully saturated rings. The summed E-state index contributed by atoms with van der Waals surface area (Å²) in [6, 6.07) is 8.93. The Morgan fingerprint density at radius 3 is 2.61 bits per heavy atom. The van der Waals surface area contributed by atoms with Gasteiger partial charge in [-0.25, -0.2) is 8.78 Å². The zero-order chi connectivity index (χ0) is 13.1. The lowest BCUT2D eigenvalue weighted by Crippen LogP contribution is -2.05. The number of hydrogen-bond acceptors (Lipinski definition) is 2. The van der Waals surface area contributed by atoms with Crippen molar-refractivity contribution in [1.82, 2.24) is 4.98 Å². The van der Waals surface area contributed by atoms with Crippen LogP contribution >= 0.6 is 0 Å². The monoisotopic (exact) mass is 249 g/mol. The third-order valence-corrected chi connectivity index (χ3v) is 2.66. The molecule has 2 nitrogen and oxygen atoms in total. The number of halogens is 2. The molecule has 1 aromatic carbocycles. The molecule has 0 aliphatic carbocycles. The Kier molecular flexibility index (Phi) is 3.67. The van der Waals surface area contributed by atoms with E-state index in [0.717, 1.165) is 17.8 Å². The van der Waals surface area contributed by atoms with E-state index < -0.39 is 17.7 Å². The van der Waals surface area contributed by atoms with E-state index in [2.05, 4.69) is 4.98 Å². The highest BCUT2D eigenvalue weighted by Crippen LogP contribution is 2.18. The first-order valence-corrected chi connectivity index (χ1v) is 5.62. The standard InChI is InChI=1S/C14H13F2NO/c1-9-3-2-4-13(17-9)14(18)8-10-5-6-11(15)12(16)7-10/h2-7,14,18H,8H2,1H3. The SMILES string of the molecule is Cc1cccc(C(O)Cc2ccc(F)c(F)c2)n1. The van der Waals surface area contributed by atoms with Gasteiger partial charge in [0.1, 0.15) is 0 Å². The van der Waals surface area contributed by atoms with Crippen LogP contribution in [0.3, 0.4) is 0 Å². The molecule has 1 heterocycles. The van der Waals surface area contributed by atoms with Gasteiger partial charge in [-0.15, -0.1) is 0 Å². The quantitative estimate of drug-likeness (QED) is 0.907. The molecule has 0 radical (unpaired) electrons. The van der Waals surface area contributed by atoms with Gasteiger partial charge in [0, 0.05) is 12.1 Å². The Bertz CT molecular complexity index is 557. The highest BCUT2D eigenvalue weighted by molar-refractivity contribution is 5.21. The normalized spacial score (nSPS) is 12.4. The maximum Gasteiger partial charge on any atom is 0.159 e. The van der Waals surface area contributed by atoms with Crippen LogP contribution in [0.15, 0.2) is 36.4 Å². The maximum atomic E-state index is 13.0. The molecule has 1 atom stereocenters. The summed E-state index contributed by atoms with van der Waals surface area (Å²) in [5.41, 5.74) is 1.86. The lowest BCUT2D eigenvalue weighted by molar-refractivity contribution is 0.173. The van der Waals surface area contributed by atoms with Gasteiger partial charge in [0.2, 0.25) is 0 Å². The minimum Gasteiger partial charge on any atom is -0.386 e. The molecule has 2 rings (SSSR count). The van der Waals surface area contributed by atoms with E-state index in [4.69, 9.17) is 0 Å². The molecule has 18 heavy (non-hydrogen) atoms. The Labute approximate surface area is 104 Å². The van der Waals surface area contributed by atoms with Crippen molar-refractivity contribution in [2.75, 3.05) is 0 Å². The molecular weight excluding hydrogens is 236 g/mol. The number of aromatic nitrogens is 1. The third kappa shape index (κ3) is 2.90. The van der Waals surface area contributed by atoms with Gasteiger partial charge in [0.05, 0.1) is 11.8 Å². The predicted molar refractivity (Wildman–Crippen MR) is 64.0 cm³/mol. The van der Waals surface area contributed by atoms with Gasteiger partial charge in [-0.1, -0.05) is 12.1 Å². The molecule has 0 amide bonds. The van der Waals surface area contributed by atoms with E-state index in [1.807, 2.05) is 13.0 Å². The number of aryl methyl sites for hydroxylation is 1. The topological polar surface area (TPSA) is 33.1 Å². The fourth-order valence-corrected chi connectivity index (χ4v) is 1.74.